The molecular formula is C12H6Cl2N2O2S. The van der Waals surface area contributed by atoms with Gasteiger partial charge in [-0.05, 0) is 12.1 Å². The van der Waals surface area contributed by atoms with Crippen molar-refractivity contribution in [2.45, 2.75) is 0 Å². The molecule has 3 aromatic rings. The normalized spacial score (nSPS) is 11.1. The molecule has 0 radical (unpaired) electrons. The smallest absolute Gasteiger partial charge is 0.353 e. The molecule has 0 saturated heterocycles. The first-order chi connectivity index (χ1) is 9.06. The van der Waals surface area contributed by atoms with Gasteiger partial charge < -0.3 is 5.11 Å². The molecule has 0 aliphatic rings. The van der Waals surface area contributed by atoms with E-state index in [9.17, 15) is 4.79 Å². The number of hydrogen-bond donors (Lipinski definition) is 1. The molecule has 3 rings (SSSR count). The summed E-state index contributed by atoms with van der Waals surface area (Å²) in [6.07, 6.45) is 1.68. The van der Waals surface area contributed by atoms with E-state index in [2.05, 4.69) is 4.98 Å². The van der Waals surface area contributed by atoms with Crippen LogP contribution in [-0.4, -0.2) is 20.5 Å². The van der Waals surface area contributed by atoms with Crippen molar-refractivity contribution in [3.63, 3.8) is 0 Å². The molecule has 2 aromatic heterocycles. The van der Waals surface area contributed by atoms with Crippen LogP contribution in [0.25, 0.3) is 16.2 Å². The van der Waals surface area contributed by atoms with Gasteiger partial charge in [0, 0.05) is 17.1 Å². The number of hydrogen-bond acceptors (Lipinski definition) is 3. The Hall–Kier alpha value is -1.56. The summed E-state index contributed by atoms with van der Waals surface area (Å²) in [6.45, 7) is 0. The Morgan fingerprint density at radius 2 is 2.11 bits per heavy atom. The fraction of sp³-hybridized carbons (Fsp3) is 0. The molecule has 19 heavy (non-hydrogen) atoms. The van der Waals surface area contributed by atoms with Crippen LogP contribution in [0.1, 0.15) is 10.5 Å². The molecule has 96 valence electrons. The molecule has 0 fully saturated rings. The molecule has 0 amide bonds. The number of aromatic nitrogens is 2. The van der Waals surface area contributed by atoms with E-state index < -0.39 is 5.97 Å². The highest BCUT2D eigenvalue weighted by Gasteiger charge is 2.14. The van der Waals surface area contributed by atoms with Gasteiger partial charge in [-0.2, -0.15) is 0 Å². The minimum atomic E-state index is -0.982. The Labute approximate surface area is 121 Å². The Balaban J connectivity index is 2.15. The minimum absolute atomic E-state index is 0.193. The van der Waals surface area contributed by atoms with Crippen LogP contribution in [0.3, 0.4) is 0 Å². The van der Waals surface area contributed by atoms with Crippen LogP contribution in [0, 0.1) is 0 Å². The number of imidazole rings is 1. The highest BCUT2D eigenvalue weighted by molar-refractivity contribution is 7.15. The van der Waals surface area contributed by atoms with E-state index in [1.807, 2.05) is 0 Å². The van der Waals surface area contributed by atoms with E-state index in [1.165, 1.54) is 11.3 Å². The fourth-order valence-corrected chi connectivity index (χ4v) is 2.88. The molecule has 1 N–H and O–H groups in total. The van der Waals surface area contributed by atoms with Crippen molar-refractivity contribution in [3.05, 3.63) is 45.5 Å². The first kappa shape index (κ1) is 12.5. The van der Waals surface area contributed by atoms with Gasteiger partial charge in [0.05, 0.1) is 15.7 Å². The maximum atomic E-state index is 11.0. The molecule has 0 saturated carbocycles. The number of aromatic carboxylic acids is 1. The maximum absolute atomic E-state index is 11.0. The molecule has 4 nitrogen and oxygen atoms in total. The van der Waals surface area contributed by atoms with Gasteiger partial charge in [0.1, 0.15) is 5.69 Å². The summed E-state index contributed by atoms with van der Waals surface area (Å²) in [7, 11) is 0. The number of carboxylic acids is 1. The summed E-state index contributed by atoms with van der Waals surface area (Å²) in [5.41, 5.74) is 1.65. The standard InChI is InChI=1S/C12H6Cl2N2O2S/c13-7-2-1-6(3-8(7)14)9-4-16-10(11(17)18)5-19-12(16)15-9/h1-5H,(H,17,18). The number of carbonyl (C=O) groups is 1. The van der Waals surface area contributed by atoms with E-state index in [0.29, 0.717) is 20.7 Å². The Bertz CT molecular complexity index is 794. The maximum Gasteiger partial charge on any atom is 0.353 e. The van der Waals surface area contributed by atoms with E-state index in [-0.39, 0.29) is 5.69 Å². The van der Waals surface area contributed by atoms with E-state index in [0.717, 1.165) is 5.56 Å². The predicted octanol–water partition coefficient (Wildman–Crippen LogP) is 4.07. The molecule has 0 atom stereocenters. The predicted molar refractivity (Wildman–Crippen MR) is 75.5 cm³/mol. The zero-order valence-corrected chi connectivity index (χ0v) is 11.6. The zero-order chi connectivity index (χ0) is 13.6. The Morgan fingerprint density at radius 3 is 2.79 bits per heavy atom. The SMILES string of the molecule is O=C(O)c1csc2nc(-c3ccc(Cl)c(Cl)c3)cn12. The summed E-state index contributed by atoms with van der Waals surface area (Å²) in [5, 5.41) is 11.5. The molecule has 0 bridgehead atoms. The summed E-state index contributed by atoms with van der Waals surface area (Å²) in [6, 6.07) is 5.18. The number of carboxylic acid groups (broad SMARTS) is 1. The van der Waals surface area contributed by atoms with Crippen LogP contribution in [0.15, 0.2) is 29.8 Å². The zero-order valence-electron chi connectivity index (χ0n) is 9.30. The van der Waals surface area contributed by atoms with Crippen LogP contribution in [0.4, 0.5) is 0 Å². The monoisotopic (exact) mass is 312 g/mol. The number of fused-ring (bicyclic) bond motifs is 1. The average Bonchev–Trinajstić information content (AvgIpc) is 2.91. The highest BCUT2D eigenvalue weighted by Crippen LogP contribution is 2.29. The van der Waals surface area contributed by atoms with Crippen molar-refractivity contribution in [1.29, 1.82) is 0 Å². The van der Waals surface area contributed by atoms with Gasteiger partial charge in [-0.3, -0.25) is 4.40 Å². The third kappa shape index (κ3) is 2.10. The second kappa shape index (κ2) is 4.52. The van der Waals surface area contributed by atoms with Crippen molar-refractivity contribution in [2.24, 2.45) is 0 Å². The molecule has 0 aliphatic heterocycles. The topological polar surface area (TPSA) is 54.6 Å². The number of thiazole rings is 1. The summed E-state index contributed by atoms with van der Waals surface area (Å²) in [4.78, 5) is 16.0. The van der Waals surface area contributed by atoms with E-state index in [1.54, 1.807) is 34.2 Å². The molecular weight excluding hydrogens is 307 g/mol. The summed E-state index contributed by atoms with van der Waals surface area (Å²) < 4.78 is 1.55. The van der Waals surface area contributed by atoms with Gasteiger partial charge >= 0.3 is 5.97 Å². The lowest BCUT2D eigenvalue weighted by Gasteiger charge is -1.99. The molecule has 2 heterocycles. The lowest BCUT2D eigenvalue weighted by molar-refractivity contribution is 0.0689. The third-order valence-electron chi connectivity index (χ3n) is 2.64. The van der Waals surface area contributed by atoms with Crippen LogP contribution in [-0.2, 0) is 0 Å². The fourth-order valence-electron chi connectivity index (χ4n) is 1.73. The second-order valence-electron chi connectivity index (χ2n) is 3.83. The van der Waals surface area contributed by atoms with Gasteiger partial charge in [-0.1, -0.05) is 29.3 Å². The quantitative estimate of drug-likeness (QED) is 0.776. The van der Waals surface area contributed by atoms with Gasteiger partial charge in [0.15, 0.2) is 4.96 Å². The van der Waals surface area contributed by atoms with E-state index >= 15 is 0 Å². The number of benzene rings is 1. The highest BCUT2D eigenvalue weighted by atomic mass is 35.5. The van der Waals surface area contributed by atoms with Crippen molar-refractivity contribution < 1.29 is 9.90 Å². The van der Waals surface area contributed by atoms with Crippen molar-refractivity contribution in [1.82, 2.24) is 9.38 Å². The summed E-state index contributed by atoms with van der Waals surface area (Å²) >= 11 is 13.1. The minimum Gasteiger partial charge on any atom is -0.477 e. The van der Waals surface area contributed by atoms with Crippen molar-refractivity contribution >= 4 is 45.5 Å². The van der Waals surface area contributed by atoms with Crippen molar-refractivity contribution in [2.75, 3.05) is 0 Å². The molecule has 7 heteroatoms. The molecule has 0 unspecified atom stereocenters. The van der Waals surface area contributed by atoms with Crippen LogP contribution in [0.2, 0.25) is 10.0 Å². The summed E-state index contributed by atoms with van der Waals surface area (Å²) in [5.74, 6) is -0.982. The van der Waals surface area contributed by atoms with E-state index in [4.69, 9.17) is 28.3 Å². The van der Waals surface area contributed by atoms with Gasteiger partial charge in [0.25, 0.3) is 0 Å². The van der Waals surface area contributed by atoms with Crippen LogP contribution >= 0.6 is 34.5 Å². The molecule has 0 spiro atoms. The lowest BCUT2D eigenvalue weighted by atomic mass is 10.2. The number of halogens is 2. The Kier molecular flexibility index (Phi) is 2.97. The first-order valence-corrected chi connectivity index (χ1v) is 6.85. The van der Waals surface area contributed by atoms with Gasteiger partial charge in [0.2, 0.25) is 0 Å². The third-order valence-corrected chi connectivity index (χ3v) is 4.22. The molecule has 0 aliphatic carbocycles. The van der Waals surface area contributed by atoms with Gasteiger partial charge in [-0.25, -0.2) is 9.78 Å². The number of rotatable bonds is 2. The van der Waals surface area contributed by atoms with Crippen LogP contribution in [0.5, 0.6) is 0 Å². The molecule has 1 aromatic carbocycles. The first-order valence-electron chi connectivity index (χ1n) is 5.21. The number of nitrogens with zero attached hydrogens (tertiary/aromatic N) is 2. The lowest BCUT2D eigenvalue weighted by Crippen LogP contribution is -1.99. The second-order valence-corrected chi connectivity index (χ2v) is 5.48. The average molecular weight is 313 g/mol. The van der Waals surface area contributed by atoms with Crippen LogP contribution < -0.4 is 0 Å². The van der Waals surface area contributed by atoms with Gasteiger partial charge in [-0.15, -0.1) is 11.3 Å². The van der Waals surface area contributed by atoms with Crippen molar-refractivity contribution in [3.8, 4) is 11.3 Å². The largest absolute Gasteiger partial charge is 0.477 e. The Morgan fingerprint density at radius 1 is 1.32 bits per heavy atom.